The molecule has 2 N–H and O–H groups in total. The van der Waals surface area contributed by atoms with Crippen molar-refractivity contribution in [3.63, 3.8) is 0 Å². The van der Waals surface area contributed by atoms with E-state index in [1.54, 1.807) is 18.2 Å². The summed E-state index contributed by atoms with van der Waals surface area (Å²) in [6.45, 7) is 4.74. The van der Waals surface area contributed by atoms with Crippen molar-refractivity contribution in [3.05, 3.63) is 29.8 Å². The van der Waals surface area contributed by atoms with Gasteiger partial charge < -0.3 is 10.2 Å². The molecule has 2 unspecified atom stereocenters. The third-order valence-corrected chi connectivity index (χ3v) is 5.05. The van der Waals surface area contributed by atoms with Gasteiger partial charge in [-0.2, -0.15) is 0 Å². The van der Waals surface area contributed by atoms with Crippen molar-refractivity contribution in [2.45, 2.75) is 37.2 Å². The average molecular weight is 313 g/mol. The summed E-state index contributed by atoms with van der Waals surface area (Å²) >= 11 is 0. The molecule has 6 heteroatoms. The largest absolute Gasteiger partial charge is 0.313 e. The van der Waals surface area contributed by atoms with Gasteiger partial charge in [0.1, 0.15) is 0 Å². The summed E-state index contributed by atoms with van der Waals surface area (Å²) < 4.78 is 27.5. The Morgan fingerprint density at radius 2 is 1.90 bits per heavy atom. The van der Waals surface area contributed by atoms with E-state index in [4.69, 9.17) is 0 Å². The van der Waals surface area contributed by atoms with Gasteiger partial charge in [0.25, 0.3) is 0 Å². The fourth-order valence-corrected chi connectivity index (χ4v) is 3.29. The summed E-state index contributed by atoms with van der Waals surface area (Å²) in [5.74, 6) is 0. The second-order valence-corrected chi connectivity index (χ2v) is 7.41. The third-order valence-electron chi connectivity index (χ3n) is 3.47. The van der Waals surface area contributed by atoms with Crippen LogP contribution in [0.5, 0.6) is 0 Å². The van der Waals surface area contributed by atoms with Gasteiger partial charge in [-0.25, -0.2) is 13.1 Å². The molecular formula is C15H27N3O2S. The Hall–Kier alpha value is -0.950. The number of benzene rings is 1. The van der Waals surface area contributed by atoms with E-state index < -0.39 is 10.0 Å². The number of hydrogen-bond acceptors (Lipinski definition) is 4. The first-order valence-corrected chi connectivity index (χ1v) is 8.69. The molecular weight excluding hydrogens is 286 g/mol. The molecule has 1 aromatic rings. The van der Waals surface area contributed by atoms with Gasteiger partial charge in [-0.05, 0) is 65.7 Å². The molecule has 0 aromatic heterocycles. The number of hydrogen-bond donors (Lipinski definition) is 2. The van der Waals surface area contributed by atoms with Crippen LogP contribution in [0.1, 0.15) is 31.9 Å². The quantitative estimate of drug-likeness (QED) is 0.765. The zero-order chi connectivity index (χ0) is 16.0. The number of rotatable bonds is 8. The van der Waals surface area contributed by atoms with Crippen LogP contribution >= 0.6 is 0 Å². The molecule has 0 saturated carbocycles. The third kappa shape index (κ3) is 5.74. The van der Waals surface area contributed by atoms with Crippen LogP contribution in [0.4, 0.5) is 0 Å². The van der Waals surface area contributed by atoms with E-state index in [-0.39, 0.29) is 12.1 Å². The van der Waals surface area contributed by atoms with Crippen molar-refractivity contribution in [2.24, 2.45) is 0 Å². The first-order valence-electron chi connectivity index (χ1n) is 7.20. The zero-order valence-corrected chi connectivity index (χ0v) is 14.4. The molecule has 21 heavy (non-hydrogen) atoms. The topological polar surface area (TPSA) is 61.4 Å². The maximum atomic E-state index is 12.4. The van der Waals surface area contributed by atoms with E-state index in [0.29, 0.717) is 4.90 Å². The van der Waals surface area contributed by atoms with Crippen LogP contribution in [0.3, 0.4) is 0 Å². The SMILES string of the molecule is CNC(C)c1cccc(S(=O)(=O)NC(C)CCN(C)C)c1. The summed E-state index contributed by atoms with van der Waals surface area (Å²) in [5.41, 5.74) is 0.960. The van der Waals surface area contributed by atoms with Crippen LogP contribution < -0.4 is 10.0 Å². The molecule has 0 spiro atoms. The Labute approximate surface area is 128 Å². The highest BCUT2D eigenvalue weighted by Crippen LogP contribution is 2.17. The molecule has 0 aliphatic carbocycles. The lowest BCUT2D eigenvalue weighted by Gasteiger charge is -2.18. The highest BCUT2D eigenvalue weighted by atomic mass is 32.2. The molecule has 0 fully saturated rings. The van der Waals surface area contributed by atoms with E-state index in [1.807, 2.05) is 46.0 Å². The van der Waals surface area contributed by atoms with E-state index in [2.05, 4.69) is 10.0 Å². The molecule has 1 rings (SSSR count). The minimum atomic E-state index is -3.47. The Balaban J connectivity index is 2.83. The monoisotopic (exact) mass is 313 g/mol. The summed E-state index contributed by atoms with van der Waals surface area (Å²) in [4.78, 5) is 2.36. The van der Waals surface area contributed by atoms with Crippen LogP contribution in [0, 0.1) is 0 Å². The Morgan fingerprint density at radius 3 is 2.48 bits per heavy atom. The van der Waals surface area contributed by atoms with Crippen molar-refractivity contribution in [3.8, 4) is 0 Å². The molecule has 1 aromatic carbocycles. The second-order valence-electron chi connectivity index (χ2n) is 5.70. The molecule has 0 amide bonds. The predicted octanol–water partition coefficient (Wildman–Crippen LogP) is 1.59. The van der Waals surface area contributed by atoms with Crippen molar-refractivity contribution >= 4 is 10.0 Å². The summed E-state index contributed by atoms with van der Waals surface area (Å²) in [6.07, 6.45) is 0.777. The van der Waals surface area contributed by atoms with E-state index in [0.717, 1.165) is 18.5 Å². The Morgan fingerprint density at radius 1 is 1.24 bits per heavy atom. The molecule has 0 bridgehead atoms. The zero-order valence-electron chi connectivity index (χ0n) is 13.6. The van der Waals surface area contributed by atoms with Crippen molar-refractivity contribution in [1.29, 1.82) is 0 Å². The lowest BCUT2D eigenvalue weighted by molar-refractivity contribution is 0.379. The van der Waals surface area contributed by atoms with Crippen LogP contribution in [0.15, 0.2) is 29.2 Å². The van der Waals surface area contributed by atoms with Gasteiger partial charge in [0.05, 0.1) is 4.90 Å². The maximum Gasteiger partial charge on any atom is 0.240 e. The Bertz CT molecular complexity index is 544. The summed E-state index contributed by atoms with van der Waals surface area (Å²) in [5, 5.41) is 3.11. The van der Waals surface area contributed by atoms with Gasteiger partial charge in [-0.3, -0.25) is 0 Å². The van der Waals surface area contributed by atoms with Crippen LogP contribution in [-0.4, -0.2) is 47.0 Å². The van der Waals surface area contributed by atoms with E-state index in [1.165, 1.54) is 0 Å². The van der Waals surface area contributed by atoms with E-state index in [9.17, 15) is 8.42 Å². The predicted molar refractivity (Wildman–Crippen MR) is 86.9 cm³/mol. The van der Waals surface area contributed by atoms with Crippen molar-refractivity contribution in [1.82, 2.24) is 14.9 Å². The fraction of sp³-hybridized carbons (Fsp3) is 0.600. The molecule has 0 aliphatic rings. The highest BCUT2D eigenvalue weighted by Gasteiger charge is 2.18. The molecule has 5 nitrogen and oxygen atoms in total. The van der Waals surface area contributed by atoms with Crippen molar-refractivity contribution < 1.29 is 8.42 Å². The standard InChI is InChI=1S/C15H27N3O2S/c1-12(9-10-18(4)5)17-21(19,20)15-8-6-7-14(11-15)13(2)16-3/h6-8,11-13,16-17H,9-10H2,1-5H3. The lowest BCUT2D eigenvalue weighted by Crippen LogP contribution is -2.34. The minimum absolute atomic E-state index is 0.0946. The normalized spacial score (nSPS) is 15.1. The van der Waals surface area contributed by atoms with Crippen LogP contribution in [0.25, 0.3) is 0 Å². The molecule has 0 radical (unpaired) electrons. The summed E-state index contributed by atoms with van der Waals surface area (Å²) in [6, 6.07) is 7.08. The first kappa shape index (κ1) is 18.1. The second kappa shape index (κ2) is 7.89. The highest BCUT2D eigenvalue weighted by molar-refractivity contribution is 7.89. The molecule has 0 heterocycles. The van der Waals surface area contributed by atoms with Gasteiger partial charge in [0, 0.05) is 12.1 Å². The maximum absolute atomic E-state index is 12.4. The van der Waals surface area contributed by atoms with Gasteiger partial charge in [-0.15, -0.1) is 0 Å². The lowest BCUT2D eigenvalue weighted by atomic mass is 10.1. The van der Waals surface area contributed by atoms with Gasteiger partial charge in [0.2, 0.25) is 10.0 Å². The fourth-order valence-electron chi connectivity index (χ4n) is 1.96. The molecule has 0 aliphatic heterocycles. The van der Waals surface area contributed by atoms with Gasteiger partial charge >= 0.3 is 0 Å². The van der Waals surface area contributed by atoms with Gasteiger partial charge in [0.15, 0.2) is 0 Å². The van der Waals surface area contributed by atoms with Crippen molar-refractivity contribution in [2.75, 3.05) is 27.7 Å². The molecule has 0 saturated heterocycles. The van der Waals surface area contributed by atoms with Crippen LogP contribution in [0.2, 0.25) is 0 Å². The first-order chi connectivity index (χ1) is 9.76. The Kier molecular flexibility index (Phi) is 6.80. The average Bonchev–Trinajstić information content (AvgIpc) is 2.44. The molecule has 2 atom stereocenters. The van der Waals surface area contributed by atoms with Crippen LogP contribution in [-0.2, 0) is 10.0 Å². The van der Waals surface area contributed by atoms with Gasteiger partial charge in [-0.1, -0.05) is 12.1 Å². The number of nitrogens with one attached hydrogen (secondary N) is 2. The van der Waals surface area contributed by atoms with E-state index >= 15 is 0 Å². The minimum Gasteiger partial charge on any atom is -0.313 e. The number of sulfonamides is 1. The number of nitrogens with zero attached hydrogens (tertiary/aromatic N) is 1. The summed E-state index contributed by atoms with van der Waals surface area (Å²) in [7, 11) is 2.34. The smallest absolute Gasteiger partial charge is 0.240 e. The molecule has 120 valence electrons.